The highest BCUT2D eigenvalue weighted by molar-refractivity contribution is 6.07. The van der Waals surface area contributed by atoms with Crippen LogP contribution in [0.4, 0.5) is 0 Å². The maximum Gasteiger partial charge on any atom is 0.186 e. The molecule has 0 aliphatic carbocycles. The van der Waals surface area contributed by atoms with Crippen molar-refractivity contribution < 1.29 is 19.0 Å². The zero-order valence-electron chi connectivity index (χ0n) is 14.4. The molecule has 2 aromatic rings. The van der Waals surface area contributed by atoms with E-state index in [-0.39, 0.29) is 11.9 Å². The summed E-state index contributed by atoms with van der Waals surface area (Å²) in [5.74, 6) is 1.86. The molecule has 0 radical (unpaired) electrons. The van der Waals surface area contributed by atoms with E-state index in [9.17, 15) is 4.79 Å². The first kappa shape index (κ1) is 17.6. The van der Waals surface area contributed by atoms with Gasteiger partial charge >= 0.3 is 0 Å². The zero-order valence-corrected chi connectivity index (χ0v) is 14.4. The molecule has 24 heavy (non-hydrogen) atoms. The summed E-state index contributed by atoms with van der Waals surface area (Å²) in [6.07, 6.45) is 3.44. The molecule has 0 saturated heterocycles. The van der Waals surface area contributed by atoms with Crippen LogP contribution < -0.4 is 14.2 Å². The van der Waals surface area contributed by atoms with Gasteiger partial charge in [-0.3, -0.25) is 4.79 Å². The van der Waals surface area contributed by atoms with Gasteiger partial charge in [0.1, 0.15) is 17.2 Å². The molecule has 2 aromatic carbocycles. The Morgan fingerprint density at radius 3 is 2.00 bits per heavy atom. The number of ether oxygens (including phenoxy) is 3. The van der Waals surface area contributed by atoms with Crippen molar-refractivity contribution in [3.8, 4) is 17.2 Å². The van der Waals surface area contributed by atoms with Crippen molar-refractivity contribution in [2.75, 3.05) is 14.2 Å². The molecule has 0 saturated carbocycles. The second-order valence-electron chi connectivity index (χ2n) is 5.53. The zero-order chi connectivity index (χ0) is 17.5. The van der Waals surface area contributed by atoms with E-state index in [1.807, 2.05) is 38.1 Å². The topological polar surface area (TPSA) is 44.8 Å². The molecule has 0 aliphatic rings. The molecule has 0 unspecified atom stereocenters. The number of carbonyl (C=O) groups is 1. The summed E-state index contributed by atoms with van der Waals surface area (Å²) in [6.45, 7) is 3.96. The predicted octanol–water partition coefficient (Wildman–Crippen LogP) is 4.39. The van der Waals surface area contributed by atoms with Gasteiger partial charge in [-0.25, -0.2) is 0 Å². The molecule has 0 aromatic heterocycles. The first-order chi connectivity index (χ1) is 11.5. The summed E-state index contributed by atoms with van der Waals surface area (Å²) in [7, 11) is 3.11. The Bertz CT molecular complexity index is 693. The molecule has 2 rings (SSSR count). The molecule has 0 spiro atoms. The molecular weight excluding hydrogens is 304 g/mol. The van der Waals surface area contributed by atoms with Crippen LogP contribution in [0.5, 0.6) is 17.2 Å². The molecule has 0 heterocycles. The minimum atomic E-state index is -0.116. The Morgan fingerprint density at radius 1 is 0.917 bits per heavy atom. The Balaban J connectivity index is 2.12. The lowest BCUT2D eigenvalue weighted by Gasteiger charge is -2.09. The monoisotopic (exact) mass is 326 g/mol. The maximum atomic E-state index is 12.3. The van der Waals surface area contributed by atoms with Crippen LogP contribution in [0.15, 0.2) is 48.5 Å². The number of rotatable bonds is 7. The number of carbonyl (C=O) groups excluding carboxylic acids is 1. The smallest absolute Gasteiger partial charge is 0.186 e. The third kappa shape index (κ3) is 4.88. The molecule has 0 fully saturated rings. The number of methoxy groups -OCH3 is 2. The van der Waals surface area contributed by atoms with Gasteiger partial charge in [0.05, 0.1) is 20.3 Å². The maximum absolute atomic E-state index is 12.3. The molecule has 0 N–H and O–H groups in total. The summed E-state index contributed by atoms with van der Waals surface area (Å²) in [4.78, 5) is 12.3. The highest BCUT2D eigenvalue weighted by atomic mass is 16.5. The summed E-state index contributed by atoms with van der Waals surface area (Å²) in [5, 5.41) is 0. The minimum Gasteiger partial charge on any atom is -0.497 e. The fourth-order valence-corrected chi connectivity index (χ4v) is 2.15. The van der Waals surface area contributed by atoms with Crippen molar-refractivity contribution in [1.82, 2.24) is 0 Å². The Kier molecular flexibility index (Phi) is 6.01. The van der Waals surface area contributed by atoms with E-state index < -0.39 is 0 Å². The van der Waals surface area contributed by atoms with E-state index in [4.69, 9.17) is 14.2 Å². The number of allylic oxidation sites excluding steroid dienone is 1. The summed E-state index contributed by atoms with van der Waals surface area (Å²) >= 11 is 0. The normalized spacial score (nSPS) is 10.9. The van der Waals surface area contributed by atoms with Crippen LogP contribution in [0.1, 0.15) is 29.8 Å². The van der Waals surface area contributed by atoms with Crippen LogP contribution in [-0.4, -0.2) is 26.1 Å². The van der Waals surface area contributed by atoms with Gasteiger partial charge in [0, 0.05) is 11.6 Å². The van der Waals surface area contributed by atoms with Crippen LogP contribution in [0, 0.1) is 0 Å². The molecule has 0 atom stereocenters. The molecular formula is C20H22O4. The van der Waals surface area contributed by atoms with Gasteiger partial charge in [-0.05, 0) is 49.8 Å². The average Bonchev–Trinajstić information content (AvgIpc) is 2.59. The lowest BCUT2D eigenvalue weighted by atomic mass is 10.1. The second-order valence-corrected chi connectivity index (χ2v) is 5.53. The lowest BCUT2D eigenvalue weighted by molar-refractivity contribution is 0.104. The summed E-state index contributed by atoms with van der Waals surface area (Å²) in [5.41, 5.74) is 1.44. The van der Waals surface area contributed by atoms with Gasteiger partial charge in [0.25, 0.3) is 0 Å². The Morgan fingerprint density at radius 2 is 1.50 bits per heavy atom. The van der Waals surface area contributed by atoms with Gasteiger partial charge in [0.2, 0.25) is 0 Å². The van der Waals surface area contributed by atoms with Gasteiger partial charge in [-0.2, -0.15) is 0 Å². The van der Waals surface area contributed by atoms with Crippen LogP contribution in [-0.2, 0) is 0 Å². The quantitative estimate of drug-likeness (QED) is 0.559. The number of hydrogen-bond donors (Lipinski definition) is 0. The fraction of sp³-hybridized carbons (Fsp3) is 0.250. The van der Waals surface area contributed by atoms with E-state index in [1.54, 1.807) is 38.5 Å². The highest BCUT2D eigenvalue weighted by Gasteiger charge is 2.07. The summed E-state index contributed by atoms with van der Waals surface area (Å²) in [6, 6.07) is 12.7. The lowest BCUT2D eigenvalue weighted by Crippen LogP contribution is -2.05. The van der Waals surface area contributed by atoms with E-state index >= 15 is 0 Å². The van der Waals surface area contributed by atoms with E-state index in [0.717, 1.165) is 11.3 Å². The highest BCUT2D eigenvalue weighted by Crippen LogP contribution is 2.23. The van der Waals surface area contributed by atoms with Crippen LogP contribution in [0.2, 0.25) is 0 Å². The SMILES string of the molecule is COc1cc(OC)cc(C(=O)/C=C/c2ccc(OC(C)C)cc2)c1. The van der Waals surface area contributed by atoms with Gasteiger partial charge in [-0.15, -0.1) is 0 Å². The van der Waals surface area contributed by atoms with Crippen molar-refractivity contribution in [2.45, 2.75) is 20.0 Å². The molecule has 0 bridgehead atoms. The van der Waals surface area contributed by atoms with Crippen molar-refractivity contribution in [3.63, 3.8) is 0 Å². The molecule has 4 heteroatoms. The number of hydrogen-bond acceptors (Lipinski definition) is 4. The summed E-state index contributed by atoms with van der Waals surface area (Å²) < 4.78 is 16.0. The number of benzene rings is 2. The second kappa shape index (κ2) is 8.20. The molecule has 0 aliphatic heterocycles. The van der Waals surface area contributed by atoms with Crippen molar-refractivity contribution in [1.29, 1.82) is 0 Å². The first-order valence-electron chi connectivity index (χ1n) is 7.74. The largest absolute Gasteiger partial charge is 0.497 e. The molecule has 0 amide bonds. The van der Waals surface area contributed by atoms with E-state index in [0.29, 0.717) is 17.1 Å². The van der Waals surface area contributed by atoms with Crippen molar-refractivity contribution in [3.05, 3.63) is 59.7 Å². The third-order valence-electron chi connectivity index (χ3n) is 3.32. The molecule has 126 valence electrons. The van der Waals surface area contributed by atoms with E-state index in [2.05, 4.69) is 0 Å². The molecule has 4 nitrogen and oxygen atoms in total. The minimum absolute atomic E-state index is 0.116. The first-order valence-corrected chi connectivity index (χ1v) is 7.74. The van der Waals surface area contributed by atoms with Crippen LogP contribution in [0.25, 0.3) is 6.08 Å². The van der Waals surface area contributed by atoms with Crippen molar-refractivity contribution in [2.24, 2.45) is 0 Å². The predicted molar refractivity (Wildman–Crippen MR) is 95.1 cm³/mol. The van der Waals surface area contributed by atoms with Gasteiger partial charge in [0.15, 0.2) is 5.78 Å². The van der Waals surface area contributed by atoms with Crippen LogP contribution >= 0.6 is 0 Å². The standard InChI is InChI=1S/C20H22O4/c1-14(2)24-17-8-5-15(6-9-17)7-10-20(21)16-11-18(22-3)13-19(12-16)23-4/h5-14H,1-4H3/b10-7+. The Hall–Kier alpha value is -2.75. The number of ketones is 1. The average molecular weight is 326 g/mol. The van der Waals surface area contributed by atoms with E-state index in [1.165, 1.54) is 6.08 Å². The van der Waals surface area contributed by atoms with Gasteiger partial charge in [-0.1, -0.05) is 18.2 Å². The van der Waals surface area contributed by atoms with Gasteiger partial charge < -0.3 is 14.2 Å². The van der Waals surface area contributed by atoms with Crippen molar-refractivity contribution >= 4 is 11.9 Å². The van der Waals surface area contributed by atoms with Crippen LogP contribution in [0.3, 0.4) is 0 Å². The Labute approximate surface area is 142 Å². The fourth-order valence-electron chi connectivity index (χ4n) is 2.15. The third-order valence-corrected chi connectivity index (χ3v) is 3.32.